The molecule has 1 aliphatic heterocycles. The van der Waals surface area contributed by atoms with E-state index in [0.29, 0.717) is 26.2 Å². The lowest BCUT2D eigenvalue weighted by molar-refractivity contribution is 0.373. The monoisotopic (exact) mass is 394 g/mol. The van der Waals surface area contributed by atoms with Crippen molar-refractivity contribution in [2.75, 3.05) is 46.8 Å². The smallest absolute Gasteiger partial charge is 0.281 e. The van der Waals surface area contributed by atoms with Gasteiger partial charge in [0, 0.05) is 50.2 Å². The number of hydrogen-bond acceptors (Lipinski definition) is 5. The van der Waals surface area contributed by atoms with Crippen molar-refractivity contribution < 1.29 is 8.42 Å². The van der Waals surface area contributed by atoms with Crippen molar-refractivity contribution in [2.45, 2.75) is 32.7 Å². The first kappa shape index (κ1) is 20.2. The Morgan fingerprint density at radius 2 is 2.00 bits per heavy atom. The topological polar surface area (TPSA) is 74.6 Å². The van der Waals surface area contributed by atoms with E-state index in [-0.39, 0.29) is 5.92 Å². The first-order chi connectivity index (χ1) is 12.9. The third kappa shape index (κ3) is 4.01. The first-order valence-electron chi connectivity index (χ1n) is 9.59. The number of pyridine rings is 1. The van der Waals surface area contributed by atoms with E-state index in [4.69, 9.17) is 5.10 Å². The Labute approximate surface area is 161 Å². The molecule has 1 aliphatic rings. The van der Waals surface area contributed by atoms with Crippen LogP contribution in [0.25, 0.3) is 11.0 Å². The minimum Gasteiger partial charge on any atom is -0.308 e. The number of fused-ring (bicyclic) bond motifs is 1. The molecule has 0 aromatic carbocycles. The van der Waals surface area contributed by atoms with E-state index in [2.05, 4.69) is 9.88 Å². The summed E-state index contributed by atoms with van der Waals surface area (Å²) in [7, 11) is 0.669. The summed E-state index contributed by atoms with van der Waals surface area (Å²) in [6.45, 7) is 7.39. The van der Waals surface area contributed by atoms with Crippen LogP contribution in [0.3, 0.4) is 0 Å². The van der Waals surface area contributed by atoms with Crippen molar-refractivity contribution >= 4 is 21.2 Å². The third-order valence-corrected chi connectivity index (χ3v) is 7.34. The Bertz CT molecular complexity index is 875. The van der Waals surface area contributed by atoms with E-state index in [1.165, 1.54) is 4.31 Å². The van der Waals surface area contributed by atoms with Gasteiger partial charge in [-0.15, -0.1) is 0 Å². The number of aromatic nitrogens is 3. The molecule has 0 amide bonds. The van der Waals surface area contributed by atoms with Gasteiger partial charge in [-0.3, -0.25) is 0 Å². The lowest BCUT2D eigenvalue weighted by Crippen LogP contribution is -2.42. The average molecular weight is 395 g/mol. The van der Waals surface area contributed by atoms with Crippen molar-refractivity contribution in [3.8, 4) is 0 Å². The molecule has 150 valence electrons. The van der Waals surface area contributed by atoms with Crippen molar-refractivity contribution in [1.29, 1.82) is 0 Å². The summed E-state index contributed by atoms with van der Waals surface area (Å²) >= 11 is 0. The van der Waals surface area contributed by atoms with E-state index in [9.17, 15) is 8.42 Å². The molecule has 0 saturated carbocycles. The second kappa shape index (κ2) is 8.22. The van der Waals surface area contributed by atoms with Crippen LogP contribution in [0.1, 0.15) is 31.9 Å². The molecule has 0 aliphatic carbocycles. The zero-order valence-electron chi connectivity index (χ0n) is 16.7. The van der Waals surface area contributed by atoms with E-state index in [1.807, 2.05) is 44.8 Å². The van der Waals surface area contributed by atoms with E-state index in [0.717, 1.165) is 36.2 Å². The fourth-order valence-electron chi connectivity index (χ4n) is 3.66. The molecule has 1 saturated heterocycles. The predicted molar refractivity (Wildman–Crippen MR) is 107 cm³/mol. The van der Waals surface area contributed by atoms with Crippen LogP contribution in [0.15, 0.2) is 18.3 Å². The van der Waals surface area contributed by atoms with Gasteiger partial charge >= 0.3 is 0 Å². The molecule has 0 unspecified atom stereocenters. The maximum Gasteiger partial charge on any atom is 0.281 e. The largest absolute Gasteiger partial charge is 0.308 e. The molecule has 3 heterocycles. The van der Waals surface area contributed by atoms with E-state index >= 15 is 0 Å². The van der Waals surface area contributed by atoms with Gasteiger partial charge in [0.2, 0.25) is 0 Å². The standard InChI is InChI=1S/C18H30N6O2S/c1-5-22(6-2)27(25,26)23-11-9-15(14-23)17-16-8-7-10-19-18(16)24(20-17)13-12-21(3)4/h7-8,10,15H,5-6,9,11-14H2,1-4H3/t15-/m1/s1. The summed E-state index contributed by atoms with van der Waals surface area (Å²) in [5.41, 5.74) is 1.84. The number of likely N-dealkylation sites (N-methyl/N-ethyl adjacent to an activating group) is 1. The molecule has 0 spiro atoms. The minimum absolute atomic E-state index is 0.0997. The number of rotatable bonds is 8. The van der Waals surface area contributed by atoms with Crippen LogP contribution >= 0.6 is 0 Å². The van der Waals surface area contributed by atoms with Gasteiger partial charge in [-0.25, -0.2) is 9.67 Å². The van der Waals surface area contributed by atoms with Crippen molar-refractivity contribution in [3.63, 3.8) is 0 Å². The van der Waals surface area contributed by atoms with Gasteiger partial charge in [0.15, 0.2) is 5.65 Å². The van der Waals surface area contributed by atoms with Gasteiger partial charge in [0.25, 0.3) is 10.2 Å². The van der Waals surface area contributed by atoms with Crippen LogP contribution in [0.5, 0.6) is 0 Å². The molecule has 8 nitrogen and oxygen atoms in total. The molecular formula is C18H30N6O2S. The normalized spacial score (nSPS) is 19.0. The van der Waals surface area contributed by atoms with Gasteiger partial charge in [-0.05, 0) is 32.6 Å². The number of hydrogen-bond donors (Lipinski definition) is 0. The minimum atomic E-state index is -3.40. The molecule has 0 N–H and O–H groups in total. The zero-order chi connectivity index (χ0) is 19.6. The van der Waals surface area contributed by atoms with Crippen molar-refractivity contribution in [3.05, 3.63) is 24.0 Å². The molecule has 2 aromatic rings. The van der Waals surface area contributed by atoms with E-state index in [1.54, 1.807) is 10.5 Å². The second-order valence-electron chi connectivity index (χ2n) is 7.22. The summed E-state index contributed by atoms with van der Waals surface area (Å²) < 4.78 is 30.7. The van der Waals surface area contributed by atoms with Gasteiger partial charge in [-0.2, -0.15) is 22.1 Å². The van der Waals surface area contributed by atoms with Gasteiger partial charge in [0.1, 0.15) is 0 Å². The quantitative estimate of drug-likeness (QED) is 0.676. The molecule has 27 heavy (non-hydrogen) atoms. The molecular weight excluding hydrogens is 364 g/mol. The lowest BCUT2D eigenvalue weighted by atomic mass is 10.0. The molecule has 0 radical (unpaired) electrons. The number of nitrogens with zero attached hydrogens (tertiary/aromatic N) is 6. The van der Waals surface area contributed by atoms with Crippen LogP contribution in [0, 0.1) is 0 Å². The Morgan fingerprint density at radius 3 is 2.67 bits per heavy atom. The van der Waals surface area contributed by atoms with Crippen LogP contribution in [-0.2, 0) is 16.8 Å². The summed E-state index contributed by atoms with van der Waals surface area (Å²) in [6, 6.07) is 3.96. The molecule has 1 atom stereocenters. The fourth-order valence-corrected chi connectivity index (χ4v) is 5.34. The summed E-state index contributed by atoms with van der Waals surface area (Å²) in [5, 5.41) is 5.87. The summed E-state index contributed by atoms with van der Waals surface area (Å²) in [4.78, 5) is 6.63. The van der Waals surface area contributed by atoms with Gasteiger partial charge < -0.3 is 4.90 Å². The SMILES string of the molecule is CCN(CC)S(=O)(=O)N1CC[C@@H](c2nn(CCN(C)C)c3ncccc23)C1. The highest BCUT2D eigenvalue weighted by Crippen LogP contribution is 2.33. The summed E-state index contributed by atoms with van der Waals surface area (Å²) in [6.07, 6.45) is 2.57. The maximum absolute atomic E-state index is 12.8. The Balaban J connectivity index is 1.86. The lowest BCUT2D eigenvalue weighted by Gasteiger charge is -2.25. The van der Waals surface area contributed by atoms with Crippen LogP contribution < -0.4 is 0 Å². The van der Waals surface area contributed by atoms with Crippen molar-refractivity contribution in [2.24, 2.45) is 0 Å². The van der Waals surface area contributed by atoms with E-state index < -0.39 is 10.2 Å². The highest BCUT2D eigenvalue weighted by atomic mass is 32.2. The van der Waals surface area contributed by atoms with Gasteiger partial charge in [-0.1, -0.05) is 13.8 Å². The third-order valence-electron chi connectivity index (χ3n) is 5.19. The summed E-state index contributed by atoms with van der Waals surface area (Å²) in [5.74, 6) is 0.0997. The highest BCUT2D eigenvalue weighted by molar-refractivity contribution is 7.86. The van der Waals surface area contributed by atoms with Crippen LogP contribution in [-0.4, -0.2) is 83.5 Å². The highest BCUT2D eigenvalue weighted by Gasteiger charge is 2.36. The van der Waals surface area contributed by atoms with Crippen molar-refractivity contribution in [1.82, 2.24) is 28.3 Å². The zero-order valence-corrected chi connectivity index (χ0v) is 17.5. The van der Waals surface area contributed by atoms with Gasteiger partial charge in [0.05, 0.1) is 12.2 Å². The predicted octanol–water partition coefficient (Wildman–Crippen LogP) is 1.37. The molecule has 3 rings (SSSR count). The fraction of sp³-hybridized carbons (Fsp3) is 0.667. The molecule has 0 bridgehead atoms. The Kier molecular flexibility index (Phi) is 6.15. The molecule has 9 heteroatoms. The van der Waals surface area contributed by atoms with Crippen LogP contribution in [0.4, 0.5) is 0 Å². The van der Waals surface area contributed by atoms with Crippen LogP contribution in [0.2, 0.25) is 0 Å². The average Bonchev–Trinajstić information content (AvgIpc) is 3.26. The first-order valence-corrected chi connectivity index (χ1v) is 11.0. The maximum atomic E-state index is 12.8. The Hall–Kier alpha value is -1.55. The molecule has 1 fully saturated rings. The Morgan fingerprint density at radius 1 is 1.26 bits per heavy atom. The second-order valence-corrected chi connectivity index (χ2v) is 9.15. The molecule has 2 aromatic heterocycles.